The summed E-state index contributed by atoms with van der Waals surface area (Å²) in [4.78, 5) is 32.9. The molecule has 10 heteroatoms. The maximum absolute atomic E-state index is 13.1. The predicted molar refractivity (Wildman–Crippen MR) is 104 cm³/mol. The van der Waals surface area contributed by atoms with Gasteiger partial charge in [-0.1, -0.05) is 12.1 Å². The minimum Gasteiger partial charge on any atom is -0.337 e. The lowest BCUT2D eigenvalue weighted by Gasteiger charge is -2.34. The number of likely N-dealkylation sites (tertiary alicyclic amines) is 1. The van der Waals surface area contributed by atoms with Gasteiger partial charge in [-0.25, -0.2) is 4.98 Å². The van der Waals surface area contributed by atoms with Gasteiger partial charge >= 0.3 is 6.18 Å². The van der Waals surface area contributed by atoms with Gasteiger partial charge in [0.15, 0.2) is 5.13 Å². The van der Waals surface area contributed by atoms with Crippen molar-refractivity contribution in [3.8, 4) is 0 Å². The van der Waals surface area contributed by atoms with Crippen molar-refractivity contribution in [3.05, 3.63) is 46.5 Å². The summed E-state index contributed by atoms with van der Waals surface area (Å²) in [6, 6.07) is 4.64. The van der Waals surface area contributed by atoms with E-state index < -0.39 is 23.2 Å². The highest BCUT2D eigenvalue weighted by atomic mass is 32.1. The second-order valence-electron chi connectivity index (χ2n) is 6.99. The number of hydrogen-bond donors (Lipinski definition) is 1. The van der Waals surface area contributed by atoms with E-state index in [0.717, 1.165) is 49.4 Å². The fourth-order valence-electron chi connectivity index (χ4n) is 3.25. The number of nitrogens with zero attached hydrogens (tertiary/aromatic N) is 3. The average Bonchev–Trinajstić information content (AvgIpc) is 3.15. The van der Waals surface area contributed by atoms with E-state index >= 15 is 0 Å². The van der Waals surface area contributed by atoms with Gasteiger partial charge in [-0.15, -0.1) is 11.3 Å². The Kier molecular flexibility index (Phi) is 6.23. The van der Waals surface area contributed by atoms with Crippen LogP contribution in [0.15, 0.2) is 29.6 Å². The van der Waals surface area contributed by atoms with E-state index in [1.807, 2.05) is 7.05 Å². The van der Waals surface area contributed by atoms with Crippen molar-refractivity contribution in [1.29, 1.82) is 0 Å². The molecule has 29 heavy (non-hydrogen) atoms. The van der Waals surface area contributed by atoms with Gasteiger partial charge in [0, 0.05) is 18.5 Å². The van der Waals surface area contributed by atoms with Gasteiger partial charge in [0.25, 0.3) is 11.8 Å². The summed E-state index contributed by atoms with van der Waals surface area (Å²) in [5.41, 5.74) is -1.35. The number of rotatable bonds is 4. The molecule has 1 fully saturated rings. The second kappa shape index (κ2) is 8.50. The topological polar surface area (TPSA) is 65.5 Å². The number of benzene rings is 1. The summed E-state index contributed by atoms with van der Waals surface area (Å²) in [6.07, 6.45) is -2.92. The number of aromatic nitrogens is 1. The minimum absolute atomic E-state index is 0.0760. The Morgan fingerprint density at radius 1 is 1.24 bits per heavy atom. The molecule has 1 saturated heterocycles. The Labute approximate surface area is 170 Å². The standard InChI is InChI=1S/C19H21F3N4O2S/c1-25-9-7-12(8-10-25)26(2)17(28)15-11-29-18(23-15)24-16(27)13-5-3-4-6-14(13)19(20,21)22/h3-6,11-12H,7-10H2,1-2H3,(H,23,24,27). The average molecular weight is 426 g/mol. The van der Waals surface area contributed by atoms with E-state index in [2.05, 4.69) is 15.2 Å². The molecule has 2 aromatic rings. The number of piperidine rings is 1. The van der Waals surface area contributed by atoms with Crippen molar-refractivity contribution in [2.45, 2.75) is 25.1 Å². The molecule has 6 nitrogen and oxygen atoms in total. The van der Waals surface area contributed by atoms with Crippen LogP contribution in [0.3, 0.4) is 0 Å². The molecule has 1 aromatic carbocycles. The number of halogens is 3. The van der Waals surface area contributed by atoms with E-state index in [4.69, 9.17) is 0 Å². The molecule has 0 saturated carbocycles. The molecule has 1 N–H and O–H groups in total. The molecule has 1 aliphatic heterocycles. The number of anilines is 1. The Balaban J connectivity index is 1.69. The molecule has 0 unspecified atom stereocenters. The number of amides is 2. The maximum Gasteiger partial charge on any atom is 0.417 e. The molecular weight excluding hydrogens is 405 g/mol. The third-order valence-corrected chi connectivity index (χ3v) is 5.73. The summed E-state index contributed by atoms with van der Waals surface area (Å²) >= 11 is 0.999. The molecule has 0 spiro atoms. The molecule has 0 aliphatic carbocycles. The molecular formula is C19H21F3N4O2S. The molecule has 0 atom stereocenters. The van der Waals surface area contributed by atoms with Crippen molar-refractivity contribution in [2.24, 2.45) is 0 Å². The number of hydrogen-bond acceptors (Lipinski definition) is 5. The molecule has 1 aromatic heterocycles. The lowest BCUT2D eigenvalue weighted by atomic mass is 10.0. The monoisotopic (exact) mass is 426 g/mol. The zero-order valence-corrected chi connectivity index (χ0v) is 16.8. The van der Waals surface area contributed by atoms with Crippen LogP contribution in [0.25, 0.3) is 0 Å². The molecule has 2 heterocycles. The summed E-state index contributed by atoms with van der Waals surface area (Å²) in [7, 11) is 3.75. The van der Waals surface area contributed by atoms with E-state index in [-0.39, 0.29) is 22.8 Å². The molecule has 3 rings (SSSR count). The van der Waals surface area contributed by atoms with E-state index in [1.54, 1.807) is 11.9 Å². The second-order valence-corrected chi connectivity index (χ2v) is 7.84. The van der Waals surface area contributed by atoms with Crippen LogP contribution in [0, 0.1) is 0 Å². The largest absolute Gasteiger partial charge is 0.417 e. The highest BCUT2D eigenvalue weighted by molar-refractivity contribution is 7.14. The number of carbonyl (C=O) groups excluding carboxylic acids is 2. The first kappa shape index (κ1) is 21.3. The zero-order chi connectivity index (χ0) is 21.2. The quantitative estimate of drug-likeness (QED) is 0.812. The van der Waals surface area contributed by atoms with Crippen molar-refractivity contribution in [2.75, 3.05) is 32.5 Å². The zero-order valence-electron chi connectivity index (χ0n) is 16.0. The van der Waals surface area contributed by atoms with Gasteiger partial charge in [0.2, 0.25) is 0 Å². The van der Waals surface area contributed by atoms with Crippen LogP contribution in [0.4, 0.5) is 18.3 Å². The Morgan fingerprint density at radius 2 is 1.90 bits per heavy atom. The molecule has 1 aliphatic rings. The highest BCUT2D eigenvalue weighted by Crippen LogP contribution is 2.32. The molecule has 156 valence electrons. The molecule has 2 amide bonds. The van der Waals surface area contributed by atoms with Crippen LogP contribution in [-0.2, 0) is 6.18 Å². The van der Waals surface area contributed by atoms with Crippen molar-refractivity contribution in [3.63, 3.8) is 0 Å². The van der Waals surface area contributed by atoms with Crippen LogP contribution in [0.5, 0.6) is 0 Å². The summed E-state index contributed by atoms with van der Waals surface area (Å²) in [5.74, 6) is -1.19. The van der Waals surface area contributed by atoms with Gasteiger partial charge in [0.1, 0.15) is 5.69 Å². The summed E-state index contributed by atoms with van der Waals surface area (Å²) < 4.78 is 39.3. The minimum atomic E-state index is -4.64. The number of alkyl halides is 3. The number of thiazole rings is 1. The van der Waals surface area contributed by atoms with Crippen molar-refractivity contribution < 1.29 is 22.8 Å². The van der Waals surface area contributed by atoms with Crippen LogP contribution in [-0.4, -0.2) is 59.8 Å². The Hall–Kier alpha value is -2.46. The molecule has 0 bridgehead atoms. The first-order valence-corrected chi connectivity index (χ1v) is 9.93. The van der Waals surface area contributed by atoms with Crippen LogP contribution < -0.4 is 5.32 Å². The van der Waals surface area contributed by atoms with Gasteiger partial charge in [-0.3, -0.25) is 14.9 Å². The van der Waals surface area contributed by atoms with Crippen LogP contribution in [0.2, 0.25) is 0 Å². The van der Waals surface area contributed by atoms with Crippen molar-refractivity contribution in [1.82, 2.24) is 14.8 Å². The Bertz CT molecular complexity index is 892. The third kappa shape index (κ3) is 4.94. The maximum atomic E-state index is 13.1. The molecule has 0 radical (unpaired) electrons. The van der Waals surface area contributed by atoms with E-state index in [0.29, 0.717) is 0 Å². The van der Waals surface area contributed by atoms with Gasteiger partial charge < -0.3 is 9.80 Å². The number of nitrogens with one attached hydrogen (secondary N) is 1. The fraction of sp³-hybridized carbons (Fsp3) is 0.421. The fourth-order valence-corrected chi connectivity index (χ4v) is 3.93. The first-order valence-electron chi connectivity index (χ1n) is 9.05. The van der Waals surface area contributed by atoms with E-state index in [9.17, 15) is 22.8 Å². The van der Waals surface area contributed by atoms with Crippen LogP contribution >= 0.6 is 11.3 Å². The predicted octanol–water partition coefficient (Wildman–Crippen LogP) is 3.58. The number of carbonyl (C=O) groups is 2. The third-order valence-electron chi connectivity index (χ3n) is 4.98. The lowest BCUT2D eigenvalue weighted by Crippen LogP contribution is -2.44. The highest BCUT2D eigenvalue weighted by Gasteiger charge is 2.35. The van der Waals surface area contributed by atoms with Gasteiger partial charge in [-0.05, 0) is 45.1 Å². The van der Waals surface area contributed by atoms with Gasteiger partial charge in [-0.2, -0.15) is 13.2 Å². The van der Waals surface area contributed by atoms with Crippen molar-refractivity contribution >= 4 is 28.3 Å². The van der Waals surface area contributed by atoms with Crippen LogP contribution in [0.1, 0.15) is 39.3 Å². The SMILES string of the molecule is CN1CCC(N(C)C(=O)c2csc(NC(=O)c3ccccc3C(F)(F)F)n2)CC1. The smallest absolute Gasteiger partial charge is 0.337 e. The summed E-state index contributed by atoms with van der Waals surface area (Å²) in [6.45, 7) is 1.80. The lowest BCUT2D eigenvalue weighted by molar-refractivity contribution is -0.137. The van der Waals surface area contributed by atoms with Gasteiger partial charge in [0.05, 0.1) is 11.1 Å². The summed E-state index contributed by atoms with van der Waals surface area (Å²) in [5, 5.41) is 3.94. The normalized spacial score (nSPS) is 15.9. The Morgan fingerprint density at radius 3 is 2.55 bits per heavy atom. The van der Waals surface area contributed by atoms with E-state index in [1.165, 1.54) is 17.5 Å². The first-order chi connectivity index (χ1) is 13.7.